The molecule has 0 radical (unpaired) electrons. The molecule has 1 N–H and O–H groups in total. The van der Waals surface area contributed by atoms with E-state index in [0.717, 1.165) is 19.4 Å². The van der Waals surface area contributed by atoms with Crippen LogP contribution in [0.4, 0.5) is 0 Å². The first-order valence-electron chi connectivity index (χ1n) is 7.22. The van der Waals surface area contributed by atoms with Gasteiger partial charge in [0, 0.05) is 18.6 Å². The maximum absolute atomic E-state index is 12.3. The Kier molecular flexibility index (Phi) is 3.10. The molecule has 0 aliphatic heterocycles. The van der Waals surface area contributed by atoms with Crippen molar-refractivity contribution in [3.63, 3.8) is 0 Å². The second kappa shape index (κ2) is 4.49. The van der Waals surface area contributed by atoms with Gasteiger partial charge in [0.05, 0.1) is 7.11 Å². The molecule has 0 bridgehead atoms. The van der Waals surface area contributed by atoms with Gasteiger partial charge in [-0.1, -0.05) is 0 Å². The number of ether oxygens (including phenoxy) is 1. The Labute approximate surface area is 109 Å². The summed E-state index contributed by atoms with van der Waals surface area (Å²) in [4.78, 5) is 14.7. The number of esters is 1. The number of carbonyl (C=O) groups is 1. The van der Waals surface area contributed by atoms with Crippen molar-refractivity contribution in [1.82, 2.24) is 10.2 Å². The van der Waals surface area contributed by atoms with Gasteiger partial charge >= 0.3 is 5.97 Å². The summed E-state index contributed by atoms with van der Waals surface area (Å²) in [6.45, 7) is 0.811. The number of hydrogen-bond acceptors (Lipinski definition) is 4. The van der Waals surface area contributed by atoms with Gasteiger partial charge in [-0.3, -0.25) is 5.32 Å². The van der Waals surface area contributed by atoms with E-state index in [1.807, 2.05) is 0 Å². The van der Waals surface area contributed by atoms with Gasteiger partial charge < -0.3 is 9.64 Å². The first-order valence-corrected chi connectivity index (χ1v) is 7.22. The summed E-state index contributed by atoms with van der Waals surface area (Å²) in [5.41, 5.74) is -0.437. The highest BCUT2D eigenvalue weighted by Crippen LogP contribution is 2.43. The standard InChI is InChI=1S/C14H24N2O2/c1-16(12-7-8-12)9-14(10-3-4-10,13(17)18-2)15-11-5-6-11/h10-12,15H,3-9H2,1-2H3. The lowest BCUT2D eigenvalue weighted by atomic mass is 9.92. The van der Waals surface area contributed by atoms with E-state index in [9.17, 15) is 4.79 Å². The second-order valence-corrected chi connectivity index (χ2v) is 6.30. The molecule has 1 atom stereocenters. The van der Waals surface area contributed by atoms with E-state index in [0.29, 0.717) is 18.0 Å². The molecule has 0 heterocycles. The fourth-order valence-corrected chi connectivity index (χ4v) is 2.97. The summed E-state index contributed by atoms with van der Waals surface area (Å²) in [6.07, 6.45) is 7.29. The van der Waals surface area contributed by atoms with Gasteiger partial charge in [-0.05, 0) is 51.5 Å². The number of hydrogen-bond donors (Lipinski definition) is 1. The third-order valence-electron chi connectivity index (χ3n) is 4.53. The fraction of sp³-hybridized carbons (Fsp3) is 0.929. The number of methoxy groups -OCH3 is 1. The van der Waals surface area contributed by atoms with E-state index in [1.165, 1.54) is 32.8 Å². The van der Waals surface area contributed by atoms with E-state index in [2.05, 4.69) is 17.3 Å². The lowest BCUT2D eigenvalue weighted by Crippen LogP contribution is -2.61. The quantitative estimate of drug-likeness (QED) is 0.690. The molecule has 3 aliphatic carbocycles. The van der Waals surface area contributed by atoms with Gasteiger partial charge in [-0.2, -0.15) is 0 Å². The molecular weight excluding hydrogens is 228 g/mol. The highest BCUT2D eigenvalue weighted by atomic mass is 16.5. The van der Waals surface area contributed by atoms with Crippen LogP contribution in [0.2, 0.25) is 0 Å². The zero-order valence-corrected chi connectivity index (χ0v) is 11.4. The van der Waals surface area contributed by atoms with Crippen molar-refractivity contribution in [1.29, 1.82) is 0 Å². The van der Waals surface area contributed by atoms with Crippen molar-refractivity contribution in [2.75, 3.05) is 20.7 Å². The predicted octanol–water partition coefficient (Wildman–Crippen LogP) is 1.15. The van der Waals surface area contributed by atoms with Crippen molar-refractivity contribution in [2.24, 2.45) is 5.92 Å². The summed E-state index contributed by atoms with van der Waals surface area (Å²) < 4.78 is 5.12. The highest BCUT2D eigenvalue weighted by Gasteiger charge is 2.55. The van der Waals surface area contributed by atoms with Crippen LogP contribution in [-0.4, -0.2) is 49.2 Å². The Morgan fingerprint density at radius 3 is 2.39 bits per heavy atom. The minimum Gasteiger partial charge on any atom is -0.468 e. The van der Waals surface area contributed by atoms with Crippen LogP contribution in [0, 0.1) is 5.92 Å². The first kappa shape index (κ1) is 12.4. The molecule has 0 spiro atoms. The topological polar surface area (TPSA) is 41.6 Å². The van der Waals surface area contributed by atoms with E-state index in [1.54, 1.807) is 0 Å². The smallest absolute Gasteiger partial charge is 0.327 e. The molecular formula is C14H24N2O2. The molecule has 0 amide bonds. The predicted molar refractivity (Wildman–Crippen MR) is 69.3 cm³/mol. The van der Waals surface area contributed by atoms with Crippen LogP contribution in [0.5, 0.6) is 0 Å². The third kappa shape index (κ3) is 2.41. The average molecular weight is 252 g/mol. The van der Waals surface area contributed by atoms with Gasteiger partial charge in [0.15, 0.2) is 0 Å². The first-order chi connectivity index (χ1) is 8.65. The number of nitrogens with one attached hydrogen (secondary N) is 1. The largest absolute Gasteiger partial charge is 0.468 e. The number of likely N-dealkylation sites (N-methyl/N-ethyl adjacent to an activating group) is 1. The lowest BCUT2D eigenvalue weighted by molar-refractivity contribution is -0.150. The van der Waals surface area contributed by atoms with E-state index in [-0.39, 0.29) is 5.97 Å². The molecule has 0 aromatic heterocycles. The Morgan fingerprint density at radius 2 is 1.94 bits per heavy atom. The number of carbonyl (C=O) groups excluding carboxylic acids is 1. The minimum absolute atomic E-state index is 0.0515. The molecule has 3 fully saturated rings. The number of nitrogens with zero attached hydrogens (tertiary/aromatic N) is 1. The maximum Gasteiger partial charge on any atom is 0.327 e. The maximum atomic E-state index is 12.3. The van der Waals surface area contributed by atoms with Crippen molar-refractivity contribution in [3.05, 3.63) is 0 Å². The zero-order valence-electron chi connectivity index (χ0n) is 11.4. The zero-order chi connectivity index (χ0) is 12.8. The molecule has 3 rings (SSSR count). The van der Waals surface area contributed by atoms with Crippen LogP contribution in [0.15, 0.2) is 0 Å². The third-order valence-corrected chi connectivity index (χ3v) is 4.53. The second-order valence-electron chi connectivity index (χ2n) is 6.30. The Morgan fingerprint density at radius 1 is 1.28 bits per heavy atom. The monoisotopic (exact) mass is 252 g/mol. The van der Waals surface area contributed by atoms with Crippen LogP contribution in [0.25, 0.3) is 0 Å². The van der Waals surface area contributed by atoms with E-state index in [4.69, 9.17) is 4.74 Å². The number of rotatable bonds is 7. The van der Waals surface area contributed by atoms with Gasteiger partial charge in [-0.15, -0.1) is 0 Å². The molecule has 1 unspecified atom stereocenters. The molecule has 0 aromatic rings. The summed E-state index contributed by atoms with van der Waals surface area (Å²) in [7, 11) is 3.66. The normalized spacial score (nSPS) is 27.1. The van der Waals surface area contributed by atoms with Gasteiger partial charge in [0.1, 0.15) is 5.54 Å². The van der Waals surface area contributed by atoms with Crippen LogP contribution >= 0.6 is 0 Å². The summed E-state index contributed by atoms with van der Waals surface area (Å²) in [5, 5.41) is 3.61. The van der Waals surface area contributed by atoms with Crippen LogP contribution in [-0.2, 0) is 9.53 Å². The van der Waals surface area contributed by atoms with Gasteiger partial charge in [0.25, 0.3) is 0 Å². The van der Waals surface area contributed by atoms with Gasteiger partial charge in [-0.25, -0.2) is 4.79 Å². The van der Waals surface area contributed by atoms with Crippen molar-refractivity contribution < 1.29 is 9.53 Å². The SMILES string of the molecule is COC(=O)C(CN(C)C1CC1)(NC1CC1)C1CC1. The van der Waals surface area contributed by atoms with E-state index >= 15 is 0 Å². The summed E-state index contributed by atoms with van der Waals surface area (Å²) in [6, 6.07) is 1.23. The Bertz CT molecular complexity index is 335. The minimum atomic E-state index is -0.437. The average Bonchev–Trinajstić information content (AvgIpc) is 3.16. The van der Waals surface area contributed by atoms with Crippen LogP contribution in [0.1, 0.15) is 38.5 Å². The van der Waals surface area contributed by atoms with E-state index < -0.39 is 5.54 Å². The summed E-state index contributed by atoms with van der Waals surface area (Å²) >= 11 is 0. The van der Waals surface area contributed by atoms with Crippen LogP contribution < -0.4 is 5.32 Å². The molecule has 4 heteroatoms. The molecule has 4 nitrogen and oxygen atoms in total. The lowest BCUT2D eigenvalue weighted by Gasteiger charge is -2.36. The van der Waals surface area contributed by atoms with Crippen molar-refractivity contribution >= 4 is 5.97 Å². The van der Waals surface area contributed by atoms with Crippen molar-refractivity contribution in [2.45, 2.75) is 56.1 Å². The van der Waals surface area contributed by atoms with Crippen molar-refractivity contribution in [3.8, 4) is 0 Å². The highest BCUT2D eigenvalue weighted by molar-refractivity contribution is 5.82. The molecule has 102 valence electrons. The molecule has 18 heavy (non-hydrogen) atoms. The summed E-state index contributed by atoms with van der Waals surface area (Å²) in [5.74, 6) is 0.427. The fourth-order valence-electron chi connectivity index (χ4n) is 2.97. The molecule has 3 saturated carbocycles. The molecule has 0 aromatic carbocycles. The molecule has 0 saturated heterocycles. The molecule has 3 aliphatic rings. The van der Waals surface area contributed by atoms with Gasteiger partial charge in [0.2, 0.25) is 0 Å². The Hall–Kier alpha value is -0.610. The Balaban J connectivity index is 1.76. The van der Waals surface area contributed by atoms with Crippen LogP contribution in [0.3, 0.4) is 0 Å².